The number of rotatable bonds is 5. The minimum atomic E-state index is -0.981. The van der Waals surface area contributed by atoms with E-state index in [0.29, 0.717) is 0 Å². The summed E-state index contributed by atoms with van der Waals surface area (Å²) < 4.78 is 0. The van der Waals surface area contributed by atoms with Gasteiger partial charge in [-0.15, -0.1) is 0 Å². The minimum absolute atomic E-state index is 0.833. The van der Waals surface area contributed by atoms with Gasteiger partial charge in [0.25, 0.3) is 0 Å². The maximum absolute atomic E-state index is 9.25. The molecule has 0 radical (unpaired) electrons. The number of carboxylic acid groups (broad SMARTS) is 3. The molecule has 0 atom stereocenters. The number of carbonyl (C=O) groups is 3. The van der Waals surface area contributed by atoms with E-state index in [0.717, 1.165) is 23.8 Å². The van der Waals surface area contributed by atoms with Crippen LogP contribution < -0.4 is 0 Å². The molecular weight excluding hydrogens is 276 g/mol. The van der Waals surface area contributed by atoms with Crippen LogP contribution in [0, 0.1) is 0 Å². The lowest BCUT2D eigenvalue weighted by molar-refractivity contribution is -0.132. The summed E-state index contributed by atoms with van der Waals surface area (Å²) in [6.07, 6.45) is 5.82. The average molecular weight is 296 g/mol. The second-order valence-corrected chi connectivity index (χ2v) is 2.61. The topological polar surface area (TPSA) is 112 Å². The van der Waals surface area contributed by atoms with E-state index in [9.17, 15) is 14.4 Å². The van der Waals surface area contributed by atoms with Crippen molar-refractivity contribution in [3.05, 3.63) is 75.4 Å². The largest absolute Gasteiger partial charge is 0.478 e. The van der Waals surface area contributed by atoms with Crippen LogP contribution in [0.25, 0.3) is 0 Å². The fourth-order valence-corrected chi connectivity index (χ4v) is 0.0833. The summed E-state index contributed by atoms with van der Waals surface area (Å²) >= 11 is 0. The molecule has 0 aliphatic heterocycles. The van der Waals surface area contributed by atoms with Gasteiger partial charge in [0, 0.05) is 18.2 Å². The van der Waals surface area contributed by atoms with Gasteiger partial charge in [-0.3, -0.25) is 0 Å². The van der Waals surface area contributed by atoms with Crippen LogP contribution >= 0.6 is 0 Å². The van der Waals surface area contributed by atoms with Crippen LogP contribution in [0.5, 0.6) is 0 Å². The SMILES string of the molecule is C=CC(=C)C=C.C=CC(=O)O.C=CC(=O)O.C=CC(=O)O. The van der Waals surface area contributed by atoms with Gasteiger partial charge in [0.1, 0.15) is 0 Å². The highest BCUT2D eigenvalue weighted by Gasteiger charge is 1.74. The van der Waals surface area contributed by atoms with Crippen LogP contribution in [0.4, 0.5) is 0 Å². The highest BCUT2D eigenvalue weighted by molar-refractivity contribution is 5.79. The molecule has 0 amide bonds. The van der Waals surface area contributed by atoms with Crippen molar-refractivity contribution in [2.75, 3.05) is 0 Å². The van der Waals surface area contributed by atoms with E-state index >= 15 is 0 Å². The van der Waals surface area contributed by atoms with Crippen molar-refractivity contribution in [2.45, 2.75) is 0 Å². The fraction of sp³-hybridized carbons (Fsp3) is 0. The first kappa shape index (κ1) is 26.4. The highest BCUT2D eigenvalue weighted by atomic mass is 16.4. The standard InChI is InChI=1S/C6H8.3C3H4O2/c1-4-6(3)5-2;3*1-2-3(4)5/h4-5H,1-3H2;3*2H,1H2,(H,4,5). The van der Waals surface area contributed by atoms with E-state index in [-0.39, 0.29) is 0 Å². The Morgan fingerprint density at radius 2 is 0.714 bits per heavy atom. The van der Waals surface area contributed by atoms with Crippen molar-refractivity contribution < 1.29 is 29.7 Å². The molecular formula is C15H20O6. The molecule has 0 aliphatic rings. The Labute approximate surface area is 124 Å². The lowest BCUT2D eigenvalue weighted by atomic mass is 10.3. The molecule has 0 unspecified atom stereocenters. The summed E-state index contributed by atoms with van der Waals surface area (Å²) in [5, 5.41) is 22.8. The molecule has 116 valence electrons. The Bertz CT molecular complexity index is 352. The van der Waals surface area contributed by atoms with Crippen LogP contribution in [0.1, 0.15) is 0 Å². The molecule has 6 heteroatoms. The summed E-state index contributed by atoms with van der Waals surface area (Å²) in [6.45, 7) is 19.4. The van der Waals surface area contributed by atoms with Crippen molar-refractivity contribution >= 4 is 17.9 Å². The third-order valence-electron chi connectivity index (χ3n) is 1.05. The molecule has 0 spiro atoms. The predicted molar refractivity (Wildman–Crippen MR) is 83.0 cm³/mol. The van der Waals surface area contributed by atoms with Gasteiger partial charge in [-0.25, -0.2) is 14.4 Å². The Morgan fingerprint density at radius 1 is 0.571 bits per heavy atom. The second-order valence-electron chi connectivity index (χ2n) is 2.61. The zero-order valence-electron chi connectivity index (χ0n) is 11.7. The molecule has 0 saturated heterocycles. The molecule has 21 heavy (non-hydrogen) atoms. The Kier molecular flexibility index (Phi) is 27.8. The Hall–Kier alpha value is -3.15. The number of aliphatic carboxylic acids is 3. The second kappa shape index (κ2) is 22.1. The Morgan fingerprint density at radius 3 is 0.714 bits per heavy atom. The predicted octanol–water partition coefficient (Wildman–Crippen LogP) is 2.69. The van der Waals surface area contributed by atoms with Crippen molar-refractivity contribution in [3.8, 4) is 0 Å². The van der Waals surface area contributed by atoms with Gasteiger partial charge in [0.2, 0.25) is 0 Å². The van der Waals surface area contributed by atoms with Gasteiger partial charge in [-0.1, -0.05) is 51.6 Å². The van der Waals surface area contributed by atoms with Crippen molar-refractivity contribution in [1.29, 1.82) is 0 Å². The smallest absolute Gasteiger partial charge is 0.327 e. The quantitative estimate of drug-likeness (QED) is 0.531. The van der Waals surface area contributed by atoms with Gasteiger partial charge in [0.05, 0.1) is 0 Å². The molecule has 0 rings (SSSR count). The average Bonchev–Trinajstić information content (AvgIpc) is 2.47. The molecule has 0 fully saturated rings. The molecule has 3 N–H and O–H groups in total. The summed E-state index contributed by atoms with van der Waals surface area (Å²) in [7, 11) is 0. The van der Waals surface area contributed by atoms with Gasteiger partial charge < -0.3 is 15.3 Å². The molecule has 6 nitrogen and oxygen atoms in total. The van der Waals surface area contributed by atoms with E-state index < -0.39 is 17.9 Å². The van der Waals surface area contributed by atoms with Crippen molar-refractivity contribution in [3.63, 3.8) is 0 Å². The van der Waals surface area contributed by atoms with Crippen LogP contribution in [0.2, 0.25) is 0 Å². The molecule has 0 aromatic heterocycles. The first-order valence-corrected chi connectivity index (χ1v) is 5.12. The van der Waals surface area contributed by atoms with E-state index in [4.69, 9.17) is 15.3 Å². The van der Waals surface area contributed by atoms with Crippen LogP contribution in [-0.4, -0.2) is 33.2 Å². The summed E-state index contributed by atoms with van der Waals surface area (Å²) in [4.78, 5) is 27.8. The first-order chi connectivity index (χ1) is 9.62. The van der Waals surface area contributed by atoms with Gasteiger partial charge in [-0.2, -0.15) is 0 Å². The van der Waals surface area contributed by atoms with E-state index in [1.807, 2.05) is 0 Å². The summed E-state index contributed by atoms with van der Waals surface area (Å²) in [5.74, 6) is -2.94. The number of allylic oxidation sites excluding steroid dienone is 3. The van der Waals surface area contributed by atoms with Crippen LogP contribution in [0.3, 0.4) is 0 Å². The number of hydrogen-bond acceptors (Lipinski definition) is 3. The van der Waals surface area contributed by atoms with Crippen molar-refractivity contribution in [2.24, 2.45) is 0 Å². The van der Waals surface area contributed by atoms with E-state index in [2.05, 4.69) is 39.5 Å². The normalized spacial score (nSPS) is 6.48. The van der Waals surface area contributed by atoms with Gasteiger partial charge in [-0.05, 0) is 5.57 Å². The highest BCUT2D eigenvalue weighted by Crippen LogP contribution is 1.86. The maximum Gasteiger partial charge on any atom is 0.327 e. The molecule has 0 aliphatic carbocycles. The van der Waals surface area contributed by atoms with E-state index in [1.165, 1.54) is 0 Å². The van der Waals surface area contributed by atoms with E-state index in [1.54, 1.807) is 12.2 Å². The molecule has 0 saturated carbocycles. The van der Waals surface area contributed by atoms with Crippen LogP contribution in [0.15, 0.2) is 75.4 Å². The lowest BCUT2D eigenvalue weighted by Crippen LogP contribution is -1.82. The number of carboxylic acids is 3. The zero-order chi connectivity index (χ0) is 17.8. The molecule has 0 aromatic carbocycles. The molecule has 0 aromatic rings. The maximum atomic E-state index is 9.25. The third-order valence-corrected chi connectivity index (χ3v) is 1.05. The van der Waals surface area contributed by atoms with Gasteiger partial charge >= 0.3 is 17.9 Å². The first-order valence-electron chi connectivity index (χ1n) is 5.12. The van der Waals surface area contributed by atoms with Crippen molar-refractivity contribution in [1.82, 2.24) is 0 Å². The van der Waals surface area contributed by atoms with Crippen LogP contribution in [-0.2, 0) is 14.4 Å². The van der Waals surface area contributed by atoms with Gasteiger partial charge in [0.15, 0.2) is 0 Å². The Balaban J connectivity index is -0.0000000921. The summed E-state index contributed by atoms with van der Waals surface area (Å²) in [5.41, 5.74) is 0.870. The molecule has 0 heterocycles. The fourth-order valence-electron chi connectivity index (χ4n) is 0.0833. The third kappa shape index (κ3) is 79.2. The number of hydrogen-bond donors (Lipinski definition) is 3. The zero-order valence-corrected chi connectivity index (χ0v) is 11.7. The minimum Gasteiger partial charge on any atom is -0.478 e. The molecule has 0 bridgehead atoms. The monoisotopic (exact) mass is 296 g/mol. The summed E-state index contributed by atoms with van der Waals surface area (Å²) in [6, 6.07) is 0. The lowest BCUT2D eigenvalue weighted by Gasteiger charge is -1.76.